The van der Waals surface area contributed by atoms with Crippen LogP contribution in [0.2, 0.25) is 0 Å². The SMILES string of the molecule is CCn1cnnc1C1CN(C(=O)c2ccc3cc[nH]c3c2)CCO1. The van der Waals surface area contributed by atoms with Gasteiger partial charge in [-0.1, -0.05) is 6.07 Å². The van der Waals surface area contributed by atoms with E-state index in [0.717, 1.165) is 23.3 Å². The Morgan fingerprint density at radius 1 is 1.42 bits per heavy atom. The maximum absolute atomic E-state index is 12.8. The molecule has 7 nitrogen and oxygen atoms in total. The van der Waals surface area contributed by atoms with Crippen molar-refractivity contribution in [2.24, 2.45) is 0 Å². The molecule has 3 aromatic rings. The Morgan fingerprint density at radius 3 is 3.21 bits per heavy atom. The van der Waals surface area contributed by atoms with E-state index in [4.69, 9.17) is 4.74 Å². The predicted octanol–water partition coefficient (Wildman–Crippen LogP) is 1.99. The van der Waals surface area contributed by atoms with Crippen LogP contribution in [0.25, 0.3) is 10.9 Å². The molecule has 1 unspecified atom stereocenters. The highest BCUT2D eigenvalue weighted by molar-refractivity contribution is 5.98. The number of hydrogen-bond acceptors (Lipinski definition) is 4. The summed E-state index contributed by atoms with van der Waals surface area (Å²) in [5, 5.41) is 9.21. The number of ether oxygens (including phenoxy) is 1. The number of amides is 1. The fraction of sp³-hybridized carbons (Fsp3) is 0.353. The molecular formula is C17H19N5O2. The van der Waals surface area contributed by atoms with E-state index < -0.39 is 0 Å². The number of aryl methyl sites for hydroxylation is 1. The third-order valence-electron chi connectivity index (χ3n) is 4.43. The number of aromatic amines is 1. The second-order valence-electron chi connectivity index (χ2n) is 5.87. The average molecular weight is 325 g/mol. The average Bonchev–Trinajstić information content (AvgIpc) is 3.29. The minimum absolute atomic E-state index is 0.0161. The molecule has 0 aliphatic carbocycles. The third kappa shape index (κ3) is 2.56. The van der Waals surface area contributed by atoms with Crippen LogP contribution in [-0.2, 0) is 11.3 Å². The molecule has 1 fully saturated rings. The van der Waals surface area contributed by atoms with E-state index in [0.29, 0.717) is 25.3 Å². The van der Waals surface area contributed by atoms with E-state index in [1.165, 1.54) is 0 Å². The molecule has 1 aliphatic heterocycles. The molecule has 0 saturated carbocycles. The first-order valence-corrected chi connectivity index (χ1v) is 8.12. The molecule has 0 spiro atoms. The first kappa shape index (κ1) is 14.9. The van der Waals surface area contributed by atoms with Gasteiger partial charge in [-0.15, -0.1) is 10.2 Å². The standard InChI is InChI=1S/C17H19N5O2/c1-2-21-11-19-20-16(21)15-10-22(7-8-24-15)17(23)13-4-3-12-5-6-18-14(12)9-13/h3-6,9,11,15,18H,2,7-8,10H2,1H3. The van der Waals surface area contributed by atoms with Crippen LogP contribution in [0.1, 0.15) is 29.2 Å². The van der Waals surface area contributed by atoms with Gasteiger partial charge in [-0.05, 0) is 30.5 Å². The van der Waals surface area contributed by atoms with Gasteiger partial charge in [-0.3, -0.25) is 4.79 Å². The number of nitrogens with one attached hydrogen (secondary N) is 1. The van der Waals surface area contributed by atoms with Crippen LogP contribution in [0, 0.1) is 0 Å². The highest BCUT2D eigenvalue weighted by Gasteiger charge is 2.29. The maximum atomic E-state index is 12.8. The van der Waals surface area contributed by atoms with E-state index in [9.17, 15) is 4.79 Å². The van der Waals surface area contributed by atoms with E-state index in [-0.39, 0.29) is 12.0 Å². The van der Waals surface area contributed by atoms with Crippen LogP contribution < -0.4 is 0 Å². The van der Waals surface area contributed by atoms with Gasteiger partial charge in [0.2, 0.25) is 0 Å². The molecule has 0 bridgehead atoms. The number of carbonyl (C=O) groups excluding carboxylic acids is 1. The molecule has 1 atom stereocenters. The number of H-pyrrole nitrogens is 1. The highest BCUT2D eigenvalue weighted by atomic mass is 16.5. The van der Waals surface area contributed by atoms with Gasteiger partial charge in [0, 0.05) is 30.4 Å². The van der Waals surface area contributed by atoms with Gasteiger partial charge >= 0.3 is 0 Å². The van der Waals surface area contributed by atoms with Crippen molar-refractivity contribution in [1.82, 2.24) is 24.6 Å². The van der Waals surface area contributed by atoms with Crippen LogP contribution >= 0.6 is 0 Å². The second kappa shape index (κ2) is 6.09. The first-order chi connectivity index (χ1) is 11.8. The lowest BCUT2D eigenvalue weighted by Crippen LogP contribution is -2.42. The van der Waals surface area contributed by atoms with E-state index in [1.54, 1.807) is 6.33 Å². The van der Waals surface area contributed by atoms with E-state index in [2.05, 4.69) is 15.2 Å². The number of morpholine rings is 1. The minimum Gasteiger partial charge on any atom is -0.366 e. The molecule has 1 N–H and O–H groups in total. The highest BCUT2D eigenvalue weighted by Crippen LogP contribution is 2.23. The number of hydrogen-bond donors (Lipinski definition) is 1. The van der Waals surface area contributed by atoms with Crippen LogP contribution in [0.4, 0.5) is 0 Å². The van der Waals surface area contributed by atoms with Crippen LogP contribution in [0.15, 0.2) is 36.8 Å². The van der Waals surface area contributed by atoms with Crippen LogP contribution in [0.5, 0.6) is 0 Å². The van der Waals surface area contributed by atoms with Crippen molar-refractivity contribution in [3.8, 4) is 0 Å². The smallest absolute Gasteiger partial charge is 0.254 e. The number of carbonyl (C=O) groups is 1. The van der Waals surface area contributed by atoms with Crippen LogP contribution in [0.3, 0.4) is 0 Å². The van der Waals surface area contributed by atoms with Gasteiger partial charge in [-0.25, -0.2) is 0 Å². The summed E-state index contributed by atoms with van der Waals surface area (Å²) in [4.78, 5) is 17.8. The van der Waals surface area contributed by atoms with Crippen molar-refractivity contribution in [2.75, 3.05) is 19.7 Å². The second-order valence-corrected chi connectivity index (χ2v) is 5.87. The Kier molecular flexibility index (Phi) is 3.78. The Hall–Kier alpha value is -2.67. The first-order valence-electron chi connectivity index (χ1n) is 8.12. The van der Waals surface area contributed by atoms with Gasteiger partial charge in [0.25, 0.3) is 5.91 Å². The summed E-state index contributed by atoms with van der Waals surface area (Å²) >= 11 is 0. The molecule has 1 saturated heterocycles. The van der Waals surface area contributed by atoms with Gasteiger partial charge in [0.1, 0.15) is 12.4 Å². The number of rotatable bonds is 3. The van der Waals surface area contributed by atoms with Gasteiger partial charge in [-0.2, -0.15) is 0 Å². The minimum atomic E-state index is -0.237. The number of nitrogens with zero attached hydrogens (tertiary/aromatic N) is 4. The molecular weight excluding hydrogens is 306 g/mol. The largest absolute Gasteiger partial charge is 0.366 e. The van der Waals surface area contributed by atoms with Crippen molar-refractivity contribution < 1.29 is 9.53 Å². The maximum Gasteiger partial charge on any atom is 0.254 e. The summed E-state index contributed by atoms with van der Waals surface area (Å²) in [5.74, 6) is 0.789. The lowest BCUT2D eigenvalue weighted by atomic mass is 10.1. The summed E-state index contributed by atoms with van der Waals surface area (Å²) in [6.07, 6.45) is 3.33. The molecule has 0 radical (unpaired) electrons. The molecule has 1 aliphatic rings. The summed E-state index contributed by atoms with van der Waals surface area (Å²) in [6, 6.07) is 7.73. The molecule has 1 amide bonds. The normalized spacial score (nSPS) is 18.2. The van der Waals surface area contributed by atoms with Gasteiger partial charge in [0.05, 0.1) is 13.2 Å². The quantitative estimate of drug-likeness (QED) is 0.799. The summed E-state index contributed by atoms with van der Waals surface area (Å²) < 4.78 is 7.76. The fourth-order valence-corrected chi connectivity index (χ4v) is 3.11. The molecule has 4 rings (SSSR count). The molecule has 1 aromatic carbocycles. The third-order valence-corrected chi connectivity index (χ3v) is 4.43. The number of aromatic nitrogens is 4. The van der Waals surface area contributed by atoms with E-state index in [1.807, 2.05) is 46.9 Å². The van der Waals surface area contributed by atoms with Crippen molar-refractivity contribution in [1.29, 1.82) is 0 Å². The zero-order valence-corrected chi connectivity index (χ0v) is 13.5. The number of fused-ring (bicyclic) bond motifs is 1. The Labute approximate surface area is 139 Å². The Balaban J connectivity index is 1.55. The zero-order valence-electron chi connectivity index (χ0n) is 13.5. The van der Waals surface area contributed by atoms with Crippen molar-refractivity contribution in [3.63, 3.8) is 0 Å². The summed E-state index contributed by atoms with van der Waals surface area (Å²) in [7, 11) is 0. The summed E-state index contributed by atoms with van der Waals surface area (Å²) in [6.45, 7) is 4.38. The topological polar surface area (TPSA) is 76.0 Å². The Bertz CT molecular complexity index is 869. The predicted molar refractivity (Wildman–Crippen MR) is 88.6 cm³/mol. The van der Waals surface area contributed by atoms with Crippen molar-refractivity contribution in [2.45, 2.75) is 19.6 Å². The molecule has 24 heavy (non-hydrogen) atoms. The fourth-order valence-electron chi connectivity index (χ4n) is 3.11. The van der Waals surface area contributed by atoms with Crippen molar-refractivity contribution in [3.05, 3.63) is 48.2 Å². The molecule has 3 heterocycles. The number of benzene rings is 1. The molecule has 7 heteroatoms. The van der Waals surface area contributed by atoms with Gasteiger partial charge < -0.3 is 19.2 Å². The lowest BCUT2D eigenvalue weighted by Gasteiger charge is -2.32. The lowest BCUT2D eigenvalue weighted by molar-refractivity contribution is -0.0283. The monoisotopic (exact) mass is 325 g/mol. The van der Waals surface area contributed by atoms with E-state index >= 15 is 0 Å². The Morgan fingerprint density at radius 2 is 2.33 bits per heavy atom. The van der Waals surface area contributed by atoms with Gasteiger partial charge in [0.15, 0.2) is 5.82 Å². The summed E-state index contributed by atoms with van der Waals surface area (Å²) in [5.41, 5.74) is 1.65. The molecule has 124 valence electrons. The van der Waals surface area contributed by atoms with Crippen LogP contribution in [-0.4, -0.2) is 50.3 Å². The zero-order chi connectivity index (χ0) is 16.5. The molecule has 2 aromatic heterocycles. The van der Waals surface area contributed by atoms with Crippen molar-refractivity contribution >= 4 is 16.8 Å².